The topological polar surface area (TPSA) is 67.4 Å². The molecule has 0 saturated carbocycles. The Kier molecular flexibility index (Phi) is 1.54. The number of hydrogen-bond acceptors (Lipinski definition) is 4. The molecule has 0 aromatic heterocycles. The highest BCUT2D eigenvalue weighted by Gasteiger charge is 2.53. The third-order valence-electron chi connectivity index (χ3n) is 2.54. The summed E-state index contributed by atoms with van der Waals surface area (Å²) in [4.78, 5) is 21.0. The van der Waals surface area contributed by atoms with Gasteiger partial charge in [-0.2, -0.15) is 0 Å². The van der Waals surface area contributed by atoms with Crippen molar-refractivity contribution < 1.29 is 14.3 Å². The number of ether oxygens (including phenoxy) is 1. The predicted molar refractivity (Wildman–Crippen MR) is 39.0 cm³/mol. The van der Waals surface area contributed by atoms with E-state index in [1.165, 1.54) is 0 Å². The van der Waals surface area contributed by atoms with E-state index in [0.717, 1.165) is 6.54 Å². The van der Waals surface area contributed by atoms with Gasteiger partial charge in [-0.15, -0.1) is 0 Å². The number of nitrogens with one attached hydrogen (secondary N) is 2. The molecule has 5 nitrogen and oxygen atoms in total. The lowest BCUT2D eigenvalue weighted by atomic mass is 9.78. The zero-order valence-electron chi connectivity index (χ0n) is 6.50. The first-order valence-electron chi connectivity index (χ1n) is 3.86. The Balaban J connectivity index is 2.02. The van der Waals surface area contributed by atoms with Gasteiger partial charge in [0.2, 0.25) is 5.91 Å². The molecule has 2 saturated heterocycles. The molecule has 12 heavy (non-hydrogen) atoms. The summed E-state index contributed by atoms with van der Waals surface area (Å²) in [6.45, 7) is 1.77. The highest BCUT2D eigenvalue weighted by molar-refractivity contribution is 5.79. The molecule has 5 heteroatoms. The molecule has 0 aliphatic carbocycles. The average molecular weight is 170 g/mol. The Bertz CT molecular complexity index is 231. The molecule has 1 amide bonds. The fraction of sp³-hybridized carbons (Fsp3) is 0.714. The summed E-state index contributed by atoms with van der Waals surface area (Å²) < 4.78 is 4.78. The van der Waals surface area contributed by atoms with Crippen LogP contribution in [0.3, 0.4) is 0 Å². The quantitative estimate of drug-likeness (QED) is 0.500. The average Bonchev–Trinajstić information content (AvgIpc) is 2.44. The van der Waals surface area contributed by atoms with Crippen LogP contribution in [0.2, 0.25) is 0 Å². The molecule has 0 bridgehead atoms. The fourth-order valence-electron chi connectivity index (χ4n) is 1.75. The van der Waals surface area contributed by atoms with Crippen LogP contribution >= 0.6 is 0 Å². The summed E-state index contributed by atoms with van der Waals surface area (Å²) in [5, 5.41) is 5.68. The van der Waals surface area contributed by atoms with E-state index < -0.39 is 0 Å². The molecule has 2 aliphatic rings. The molecule has 0 radical (unpaired) electrons. The maximum absolute atomic E-state index is 10.9. The molecular weight excluding hydrogens is 160 g/mol. The Hall–Kier alpha value is -1.10. The fourth-order valence-corrected chi connectivity index (χ4v) is 1.75. The van der Waals surface area contributed by atoms with Gasteiger partial charge in [-0.1, -0.05) is 0 Å². The summed E-state index contributed by atoms with van der Waals surface area (Å²) in [6, 6.07) is 0. The molecule has 2 rings (SSSR count). The first-order valence-corrected chi connectivity index (χ1v) is 3.86. The Morgan fingerprint density at radius 2 is 2.42 bits per heavy atom. The van der Waals surface area contributed by atoms with Gasteiger partial charge in [-0.25, -0.2) is 0 Å². The summed E-state index contributed by atoms with van der Waals surface area (Å²) in [7, 11) is 0. The van der Waals surface area contributed by atoms with Crippen molar-refractivity contribution in [2.75, 3.05) is 13.1 Å². The van der Waals surface area contributed by atoms with Crippen LogP contribution in [0.15, 0.2) is 0 Å². The number of carbonyl (C=O) groups excluding carboxylic acids is 2. The van der Waals surface area contributed by atoms with Gasteiger partial charge >= 0.3 is 0 Å². The molecular formula is C7H10N2O3. The van der Waals surface area contributed by atoms with E-state index in [9.17, 15) is 9.59 Å². The van der Waals surface area contributed by atoms with E-state index >= 15 is 0 Å². The van der Waals surface area contributed by atoms with Gasteiger partial charge in [0, 0.05) is 19.5 Å². The van der Waals surface area contributed by atoms with E-state index in [4.69, 9.17) is 4.74 Å². The minimum Gasteiger partial charge on any atom is -0.448 e. The smallest absolute Gasteiger partial charge is 0.294 e. The van der Waals surface area contributed by atoms with E-state index in [2.05, 4.69) is 10.6 Å². The van der Waals surface area contributed by atoms with Crippen molar-refractivity contribution >= 4 is 12.4 Å². The maximum Gasteiger partial charge on any atom is 0.294 e. The highest BCUT2D eigenvalue weighted by Crippen LogP contribution is 2.36. The molecule has 2 aliphatic heterocycles. The minimum absolute atomic E-state index is 0.0380. The first kappa shape index (κ1) is 7.54. The van der Waals surface area contributed by atoms with Gasteiger partial charge in [0.1, 0.15) is 0 Å². The minimum atomic E-state index is -0.283. The second-order valence-electron chi connectivity index (χ2n) is 3.31. The van der Waals surface area contributed by atoms with Crippen LogP contribution in [-0.2, 0) is 14.3 Å². The number of rotatable bonds is 2. The molecule has 66 valence electrons. The summed E-state index contributed by atoms with van der Waals surface area (Å²) in [5.74, 6) is 0.0380. The van der Waals surface area contributed by atoms with E-state index in [1.807, 2.05) is 0 Å². The number of amides is 1. The van der Waals surface area contributed by atoms with E-state index in [0.29, 0.717) is 19.4 Å². The van der Waals surface area contributed by atoms with Crippen LogP contribution in [0, 0.1) is 5.41 Å². The van der Waals surface area contributed by atoms with Crippen LogP contribution < -0.4 is 10.6 Å². The second-order valence-corrected chi connectivity index (χ2v) is 3.31. The van der Waals surface area contributed by atoms with Crippen LogP contribution in [-0.4, -0.2) is 31.7 Å². The third kappa shape index (κ3) is 0.896. The first-order chi connectivity index (χ1) is 5.77. The Morgan fingerprint density at radius 1 is 1.58 bits per heavy atom. The number of hydrogen-bond donors (Lipinski definition) is 2. The lowest BCUT2D eigenvalue weighted by molar-refractivity contribution is -0.155. The summed E-state index contributed by atoms with van der Waals surface area (Å²) >= 11 is 0. The molecule has 2 atom stereocenters. The largest absolute Gasteiger partial charge is 0.448 e. The van der Waals surface area contributed by atoms with Gasteiger partial charge < -0.3 is 10.1 Å². The van der Waals surface area contributed by atoms with Gasteiger partial charge in [-0.3, -0.25) is 14.9 Å². The molecule has 2 fully saturated rings. The highest BCUT2D eigenvalue weighted by atomic mass is 16.5. The van der Waals surface area contributed by atoms with E-state index in [-0.39, 0.29) is 17.6 Å². The molecule has 2 heterocycles. The zero-order valence-corrected chi connectivity index (χ0v) is 6.50. The summed E-state index contributed by atoms with van der Waals surface area (Å²) in [5.41, 5.74) is -0.169. The SMILES string of the molecule is O=COC1NCC12CNC(=O)C2. The molecule has 1 spiro atoms. The maximum atomic E-state index is 10.9. The molecule has 0 aromatic carbocycles. The molecule has 2 unspecified atom stereocenters. The Labute approximate surface area is 69.5 Å². The van der Waals surface area contributed by atoms with Crippen molar-refractivity contribution in [3.63, 3.8) is 0 Å². The lowest BCUT2D eigenvalue weighted by Gasteiger charge is -2.44. The lowest BCUT2D eigenvalue weighted by Crippen LogP contribution is -2.64. The van der Waals surface area contributed by atoms with Crippen LogP contribution in [0.5, 0.6) is 0 Å². The van der Waals surface area contributed by atoms with Gasteiger partial charge in [-0.05, 0) is 0 Å². The molecule has 2 N–H and O–H groups in total. The standard InChI is InChI=1S/C7H10N2O3/c10-4-12-6-7(3-9-6)1-5(11)8-2-7/h4,6,9H,1-3H2,(H,8,11). The van der Waals surface area contributed by atoms with Crippen molar-refractivity contribution in [1.29, 1.82) is 0 Å². The van der Waals surface area contributed by atoms with Crippen LogP contribution in [0.1, 0.15) is 6.42 Å². The van der Waals surface area contributed by atoms with E-state index in [1.54, 1.807) is 0 Å². The van der Waals surface area contributed by atoms with Gasteiger partial charge in [0.05, 0.1) is 5.41 Å². The number of carbonyl (C=O) groups is 2. The van der Waals surface area contributed by atoms with Crippen LogP contribution in [0.4, 0.5) is 0 Å². The van der Waals surface area contributed by atoms with Crippen molar-refractivity contribution in [1.82, 2.24) is 10.6 Å². The van der Waals surface area contributed by atoms with Crippen molar-refractivity contribution in [2.24, 2.45) is 5.41 Å². The third-order valence-corrected chi connectivity index (χ3v) is 2.54. The molecule has 0 aromatic rings. The second kappa shape index (κ2) is 2.45. The van der Waals surface area contributed by atoms with Gasteiger partial charge in [0.15, 0.2) is 6.23 Å². The van der Waals surface area contributed by atoms with Gasteiger partial charge in [0.25, 0.3) is 6.47 Å². The normalized spacial score (nSPS) is 39.0. The van der Waals surface area contributed by atoms with Crippen molar-refractivity contribution in [2.45, 2.75) is 12.6 Å². The van der Waals surface area contributed by atoms with Crippen LogP contribution in [0.25, 0.3) is 0 Å². The Morgan fingerprint density at radius 3 is 2.83 bits per heavy atom. The van der Waals surface area contributed by atoms with Crippen molar-refractivity contribution in [3.8, 4) is 0 Å². The monoisotopic (exact) mass is 170 g/mol. The van der Waals surface area contributed by atoms with Crippen molar-refractivity contribution in [3.05, 3.63) is 0 Å². The summed E-state index contributed by atoms with van der Waals surface area (Å²) in [6.07, 6.45) is 0.173. The predicted octanol–water partition coefficient (Wildman–Crippen LogP) is -1.41. The zero-order chi connectivity index (χ0) is 8.60.